The van der Waals surface area contributed by atoms with Gasteiger partial charge in [-0.25, -0.2) is 0 Å². The van der Waals surface area contributed by atoms with Gasteiger partial charge in [-0.15, -0.1) is 0 Å². The Balaban J connectivity index is 1.60. The average Bonchev–Trinajstić information content (AvgIpc) is 2.96. The van der Waals surface area contributed by atoms with Crippen LogP contribution in [0.2, 0.25) is 10.0 Å². The molecule has 0 spiro atoms. The Morgan fingerprint density at radius 3 is 2.75 bits per heavy atom. The number of carbonyl (C=O) groups excluding carboxylic acids is 1. The van der Waals surface area contributed by atoms with Gasteiger partial charge in [-0.05, 0) is 31.4 Å². The second-order valence-corrected chi connectivity index (χ2v) is 7.32. The molecule has 4 nitrogen and oxygen atoms in total. The van der Waals surface area contributed by atoms with Crippen LogP contribution >= 0.6 is 23.2 Å². The summed E-state index contributed by atoms with van der Waals surface area (Å²) < 4.78 is 0. The zero-order valence-corrected chi connectivity index (χ0v) is 15.3. The van der Waals surface area contributed by atoms with E-state index in [1.807, 2.05) is 11.0 Å². The van der Waals surface area contributed by atoms with Crippen molar-refractivity contribution in [3.8, 4) is 0 Å². The van der Waals surface area contributed by atoms with Gasteiger partial charge in [-0.3, -0.25) is 4.79 Å². The smallest absolute Gasteiger partial charge is 0.225 e. The molecule has 0 saturated heterocycles. The molecule has 0 bridgehead atoms. The standard InChI is InChI=1S/C18H22Cl2N2O2/c1-2-8-22(18(23)12-4-3-5-12)11-14-10-17(21-24-14)13-6-7-15(19)16(20)9-13/h6-7,9,12,14H,2-5,8,10-11H2,1H3. The lowest BCUT2D eigenvalue weighted by Gasteiger charge is -2.32. The maximum atomic E-state index is 12.5. The van der Waals surface area contributed by atoms with Gasteiger partial charge in [0.05, 0.1) is 22.3 Å². The molecular weight excluding hydrogens is 347 g/mol. The summed E-state index contributed by atoms with van der Waals surface area (Å²) >= 11 is 12.0. The maximum absolute atomic E-state index is 12.5. The molecule has 1 unspecified atom stereocenters. The van der Waals surface area contributed by atoms with Crippen LogP contribution in [0.3, 0.4) is 0 Å². The Bertz CT molecular complexity index is 644. The van der Waals surface area contributed by atoms with Crippen LogP contribution in [-0.2, 0) is 9.63 Å². The van der Waals surface area contributed by atoms with Crippen molar-refractivity contribution in [2.75, 3.05) is 13.1 Å². The van der Waals surface area contributed by atoms with Crippen LogP contribution in [0.1, 0.15) is 44.6 Å². The largest absolute Gasteiger partial charge is 0.390 e. The summed E-state index contributed by atoms with van der Waals surface area (Å²) in [5.74, 6) is 0.489. The molecule has 24 heavy (non-hydrogen) atoms. The first kappa shape index (κ1) is 17.6. The fourth-order valence-electron chi connectivity index (χ4n) is 3.09. The highest BCUT2D eigenvalue weighted by atomic mass is 35.5. The minimum absolute atomic E-state index is 0.0926. The van der Waals surface area contributed by atoms with E-state index in [1.54, 1.807) is 12.1 Å². The molecule has 1 amide bonds. The number of rotatable bonds is 6. The molecule has 0 aromatic heterocycles. The van der Waals surface area contributed by atoms with E-state index >= 15 is 0 Å². The van der Waals surface area contributed by atoms with Crippen molar-refractivity contribution in [1.82, 2.24) is 4.90 Å². The molecule has 1 heterocycles. The first-order valence-corrected chi connectivity index (χ1v) is 9.31. The summed E-state index contributed by atoms with van der Waals surface area (Å²) in [7, 11) is 0. The van der Waals surface area contributed by atoms with E-state index in [1.165, 1.54) is 6.42 Å². The topological polar surface area (TPSA) is 41.9 Å². The molecule has 0 radical (unpaired) electrons. The molecule has 1 saturated carbocycles. The predicted octanol–water partition coefficient (Wildman–Crippen LogP) is 4.53. The maximum Gasteiger partial charge on any atom is 0.225 e. The third-order valence-electron chi connectivity index (χ3n) is 4.67. The molecule has 2 aliphatic rings. The highest BCUT2D eigenvalue weighted by Gasteiger charge is 2.32. The van der Waals surface area contributed by atoms with Gasteiger partial charge in [0.15, 0.2) is 6.10 Å². The van der Waals surface area contributed by atoms with Crippen molar-refractivity contribution in [2.45, 2.75) is 45.1 Å². The first-order valence-electron chi connectivity index (χ1n) is 8.55. The molecule has 1 aromatic carbocycles. The number of carbonyl (C=O) groups is 1. The Kier molecular flexibility index (Phi) is 5.67. The van der Waals surface area contributed by atoms with E-state index in [4.69, 9.17) is 28.0 Å². The second kappa shape index (κ2) is 7.75. The Labute approximate surface area is 152 Å². The monoisotopic (exact) mass is 368 g/mol. The van der Waals surface area contributed by atoms with Crippen molar-refractivity contribution < 1.29 is 9.63 Å². The van der Waals surface area contributed by atoms with Crippen molar-refractivity contribution >= 4 is 34.8 Å². The number of hydrogen-bond donors (Lipinski definition) is 0. The summed E-state index contributed by atoms with van der Waals surface area (Å²) in [5.41, 5.74) is 1.77. The zero-order valence-electron chi connectivity index (χ0n) is 13.8. The van der Waals surface area contributed by atoms with E-state index in [2.05, 4.69) is 12.1 Å². The van der Waals surface area contributed by atoms with E-state index in [9.17, 15) is 4.79 Å². The van der Waals surface area contributed by atoms with Gasteiger partial charge in [0.1, 0.15) is 0 Å². The molecule has 6 heteroatoms. The lowest BCUT2D eigenvalue weighted by Crippen LogP contribution is -2.43. The summed E-state index contributed by atoms with van der Waals surface area (Å²) in [6.45, 7) is 3.46. The minimum atomic E-state index is -0.0926. The number of oxime groups is 1. The van der Waals surface area contributed by atoms with Crippen LogP contribution in [0.5, 0.6) is 0 Å². The fourth-order valence-corrected chi connectivity index (χ4v) is 3.39. The van der Waals surface area contributed by atoms with Gasteiger partial charge in [0.2, 0.25) is 5.91 Å². The normalized spacial score (nSPS) is 20.3. The van der Waals surface area contributed by atoms with Crippen LogP contribution < -0.4 is 0 Å². The summed E-state index contributed by atoms with van der Waals surface area (Å²) in [6, 6.07) is 5.46. The third-order valence-corrected chi connectivity index (χ3v) is 5.41. The first-order chi connectivity index (χ1) is 11.6. The lowest BCUT2D eigenvalue weighted by atomic mass is 9.84. The van der Waals surface area contributed by atoms with Crippen LogP contribution in [0.25, 0.3) is 0 Å². The zero-order chi connectivity index (χ0) is 17.1. The molecule has 1 atom stereocenters. The highest BCUT2D eigenvalue weighted by molar-refractivity contribution is 6.42. The van der Waals surface area contributed by atoms with Gasteiger partial charge in [0, 0.05) is 24.4 Å². The molecule has 3 rings (SSSR count). The minimum Gasteiger partial charge on any atom is -0.390 e. The van der Waals surface area contributed by atoms with Crippen LogP contribution in [0, 0.1) is 5.92 Å². The average molecular weight is 369 g/mol. The van der Waals surface area contributed by atoms with E-state index in [0.29, 0.717) is 23.0 Å². The lowest BCUT2D eigenvalue weighted by molar-refractivity contribution is -0.140. The van der Waals surface area contributed by atoms with Gasteiger partial charge >= 0.3 is 0 Å². The number of nitrogens with zero attached hydrogens (tertiary/aromatic N) is 2. The molecule has 0 N–H and O–H groups in total. The van der Waals surface area contributed by atoms with E-state index < -0.39 is 0 Å². The van der Waals surface area contributed by atoms with Crippen molar-refractivity contribution in [2.24, 2.45) is 11.1 Å². The molecule has 1 fully saturated rings. The van der Waals surface area contributed by atoms with E-state index in [0.717, 1.165) is 37.1 Å². The highest BCUT2D eigenvalue weighted by Crippen LogP contribution is 2.29. The fraction of sp³-hybridized carbons (Fsp3) is 0.556. The molecule has 1 aliphatic heterocycles. The van der Waals surface area contributed by atoms with Gasteiger partial charge in [-0.1, -0.05) is 47.8 Å². The van der Waals surface area contributed by atoms with Crippen LogP contribution in [0.15, 0.2) is 23.4 Å². The van der Waals surface area contributed by atoms with Gasteiger partial charge in [-0.2, -0.15) is 0 Å². The number of halogens is 2. The summed E-state index contributed by atoms with van der Waals surface area (Å²) in [6.07, 6.45) is 4.75. The predicted molar refractivity (Wildman–Crippen MR) is 96.7 cm³/mol. The summed E-state index contributed by atoms with van der Waals surface area (Å²) in [5, 5.41) is 5.22. The van der Waals surface area contributed by atoms with Crippen LogP contribution in [-0.4, -0.2) is 35.7 Å². The SMILES string of the molecule is CCCN(CC1CC(c2ccc(Cl)c(Cl)c2)=NO1)C(=O)C1CCC1. The number of benzene rings is 1. The molecular formula is C18H22Cl2N2O2. The number of hydrogen-bond acceptors (Lipinski definition) is 3. The van der Waals surface area contributed by atoms with Crippen molar-refractivity contribution in [3.63, 3.8) is 0 Å². The van der Waals surface area contributed by atoms with Crippen molar-refractivity contribution in [1.29, 1.82) is 0 Å². The Morgan fingerprint density at radius 1 is 1.33 bits per heavy atom. The van der Waals surface area contributed by atoms with Crippen molar-refractivity contribution in [3.05, 3.63) is 33.8 Å². The molecule has 1 aliphatic carbocycles. The third kappa shape index (κ3) is 3.86. The van der Waals surface area contributed by atoms with Crippen LogP contribution in [0.4, 0.5) is 0 Å². The molecule has 1 aromatic rings. The second-order valence-electron chi connectivity index (χ2n) is 6.51. The molecule has 130 valence electrons. The van der Waals surface area contributed by atoms with Gasteiger partial charge < -0.3 is 9.74 Å². The Morgan fingerprint density at radius 2 is 2.12 bits per heavy atom. The van der Waals surface area contributed by atoms with Gasteiger partial charge in [0.25, 0.3) is 0 Å². The number of amides is 1. The van der Waals surface area contributed by atoms with E-state index in [-0.39, 0.29) is 17.9 Å². The Hall–Kier alpha value is -1.26. The quantitative estimate of drug-likeness (QED) is 0.740. The summed E-state index contributed by atoms with van der Waals surface area (Å²) in [4.78, 5) is 20.1.